The molecule has 1 heteroatoms. The molecule has 0 radical (unpaired) electrons. The summed E-state index contributed by atoms with van der Waals surface area (Å²) < 4.78 is 0. The van der Waals surface area contributed by atoms with E-state index in [1.807, 2.05) is 0 Å². The average molecular weight is 152 g/mol. The molecule has 0 atom stereocenters. The van der Waals surface area contributed by atoms with Crippen molar-refractivity contribution in [3.63, 3.8) is 0 Å². The van der Waals surface area contributed by atoms with Crippen LogP contribution in [-0.4, -0.2) is 6.29 Å². The second kappa shape index (κ2) is 1.88. The summed E-state index contributed by atoms with van der Waals surface area (Å²) in [6, 6.07) is 0. The van der Waals surface area contributed by atoms with Gasteiger partial charge < -0.3 is 4.79 Å². The van der Waals surface area contributed by atoms with E-state index in [0.717, 1.165) is 18.8 Å². The predicted molar refractivity (Wildman–Crippen MR) is 44.2 cm³/mol. The first kappa shape index (κ1) is 7.33. The summed E-state index contributed by atoms with van der Waals surface area (Å²) in [5.41, 5.74) is 0.367. The van der Waals surface area contributed by atoms with E-state index in [9.17, 15) is 4.79 Å². The van der Waals surface area contributed by atoms with Crippen LogP contribution in [0.3, 0.4) is 0 Å². The third-order valence-corrected chi connectivity index (χ3v) is 4.41. The van der Waals surface area contributed by atoms with Gasteiger partial charge in [0.15, 0.2) is 0 Å². The molecule has 0 amide bonds. The van der Waals surface area contributed by atoms with Crippen molar-refractivity contribution in [2.75, 3.05) is 0 Å². The minimum absolute atomic E-state index is 0.0671. The zero-order valence-corrected chi connectivity index (χ0v) is 7.39. The number of carbonyl (C=O) groups is 1. The number of fused-ring (bicyclic) bond motifs is 2. The van der Waals surface area contributed by atoms with Crippen LogP contribution >= 0.6 is 0 Å². The summed E-state index contributed by atoms with van der Waals surface area (Å²) in [6.07, 6.45) is 6.10. The zero-order chi connectivity index (χ0) is 8.11. The highest BCUT2D eigenvalue weighted by atomic mass is 16.1. The molecule has 11 heavy (non-hydrogen) atoms. The van der Waals surface area contributed by atoms with Gasteiger partial charge in [-0.3, -0.25) is 0 Å². The van der Waals surface area contributed by atoms with Crippen molar-refractivity contribution in [1.82, 2.24) is 0 Å². The molecule has 0 aromatic heterocycles. The molecule has 2 bridgehead atoms. The number of hydrogen-bond donors (Lipinski definition) is 0. The first-order valence-electron chi connectivity index (χ1n) is 4.59. The minimum Gasteiger partial charge on any atom is -0.303 e. The highest BCUT2D eigenvalue weighted by Crippen LogP contribution is 2.64. The highest BCUT2D eigenvalue weighted by molar-refractivity contribution is 5.63. The van der Waals surface area contributed by atoms with Crippen LogP contribution in [0.4, 0.5) is 0 Å². The Labute approximate surface area is 68.2 Å². The van der Waals surface area contributed by atoms with Crippen molar-refractivity contribution in [3.8, 4) is 0 Å². The summed E-state index contributed by atoms with van der Waals surface area (Å²) in [4.78, 5) is 11.0. The van der Waals surface area contributed by atoms with Crippen molar-refractivity contribution < 1.29 is 4.79 Å². The molecule has 0 heterocycles. The third-order valence-electron chi connectivity index (χ3n) is 4.41. The van der Waals surface area contributed by atoms with Crippen LogP contribution in [-0.2, 0) is 4.79 Å². The van der Waals surface area contributed by atoms with E-state index in [-0.39, 0.29) is 5.41 Å². The van der Waals surface area contributed by atoms with E-state index in [1.165, 1.54) is 19.1 Å². The second-order valence-corrected chi connectivity index (χ2v) is 4.77. The average Bonchev–Trinajstić information content (AvgIpc) is 2.39. The van der Waals surface area contributed by atoms with Crippen LogP contribution in [0.5, 0.6) is 0 Å². The van der Waals surface area contributed by atoms with Gasteiger partial charge in [-0.25, -0.2) is 0 Å². The van der Waals surface area contributed by atoms with Crippen molar-refractivity contribution in [3.05, 3.63) is 0 Å². The maximum atomic E-state index is 11.0. The molecule has 62 valence electrons. The molecule has 0 aliphatic heterocycles. The Kier molecular flexibility index (Phi) is 1.25. The van der Waals surface area contributed by atoms with Crippen molar-refractivity contribution in [2.24, 2.45) is 16.7 Å². The normalized spacial score (nSPS) is 46.2. The topological polar surface area (TPSA) is 17.1 Å². The van der Waals surface area contributed by atoms with Gasteiger partial charge in [-0.15, -0.1) is 0 Å². The van der Waals surface area contributed by atoms with E-state index in [0.29, 0.717) is 5.41 Å². The first-order chi connectivity index (χ1) is 5.12. The monoisotopic (exact) mass is 152 g/mol. The predicted octanol–water partition coefficient (Wildman–Crippen LogP) is 2.40. The third kappa shape index (κ3) is 0.646. The van der Waals surface area contributed by atoms with E-state index in [1.54, 1.807) is 0 Å². The van der Waals surface area contributed by atoms with Crippen LogP contribution in [0.25, 0.3) is 0 Å². The van der Waals surface area contributed by atoms with Gasteiger partial charge in [0.25, 0.3) is 0 Å². The summed E-state index contributed by atoms with van der Waals surface area (Å²) in [5.74, 6) is 0.827. The largest absolute Gasteiger partial charge is 0.303 e. The van der Waals surface area contributed by atoms with Crippen LogP contribution in [0.15, 0.2) is 0 Å². The SMILES string of the molecule is CC1(C)C2CCC1(C=O)CC2. The standard InChI is InChI=1S/C10H16O/c1-9(2)8-3-5-10(9,7-11)6-4-8/h7-8H,3-6H2,1-2H3. The summed E-state index contributed by atoms with van der Waals surface area (Å²) in [6.45, 7) is 4.54. The Bertz CT molecular complexity index is 185. The molecular weight excluding hydrogens is 136 g/mol. The molecule has 0 spiro atoms. The van der Waals surface area contributed by atoms with Gasteiger partial charge in [-0.1, -0.05) is 13.8 Å². The number of hydrogen-bond acceptors (Lipinski definition) is 1. The lowest BCUT2D eigenvalue weighted by atomic mass is 9.70. The quantitative estimate of drug-likeness (QED) is 0.527. The molecule has 2 rings (SSSR count). The molecule has 2 saturated carbocycles. The van der Waals surface area contributed by atoms with Gasteiger partial charge in [0.05, 0.1) is 0 Å². The van der Waals surface area contributed by atoms with Crippen molar-refractivity contribution >= 4 is 6.29 Å². The summed E-state index contributed by atoms with van der Waals surface area (Å²) in [7, 11) is 0. The molecule has 1 nitrogen and oxygen atoms in total. The number of carbonyl (C=O) groups excluding carboxylic acids is 1. The van der Waals surface area contributed by atoms with E-state index in [2.05, 4.69) is 13.8 Å². The summed E-state index contributed by atoms with van der Waals surface area (Å²) >= 11 is 0. The van der Waals surface area contributed by atoms with E-state index >= 15 is 0 Å². The molecule has 0 unspecified atom stereocenters. The first-order valence-corrected chi connectivity index (χ1v) is 4.59. The fourth-order valence-corrected chi connectivity index (χ4v) is 3.18. The Morgan fingerprint density at radius 3 is 2.00 bits per heavy atom. The maximum absolute atomic E-state index is 11.0. The molecule has 0 saturated heterocycles. The fraction of sp³-hybridized carbons (Fsp3) is 0.900. The minimum atomic E-state index is 0.0671. The van der Waals surface area contributed by atoms with Gasteiger partial charge in [0.2, 0.25) is 0 Å². The van der Waals surface area contributed by atoms with Gasteiger partial charge >= 0.3 is 0 Å². The number of rotatable bonds is 1. The zero-order valence-electron chi connectivity index (χ0n) is 7.39. The Morgan fingerprint density at radius 2 is 1.82 bits per heavy atom. The molecule has 2 aliphatic rings. The van der Waals surface area contributed by atoms with Gasteiger partial charge in [0, 0.05) is 5.41 Å². The molecule has 0 aromatic rings. The van der Waals surface area contributed by atoms with Crippen LogP contribution < -0.4 is 0 Å². The van der Waals surface area contributed by atoms with Crippen molar-refractivity contribution in [2.45, 2.75) is 39.5 Å². The Balaban J connectivity index is 2.41. The van der Waals surface area contributed by atoms with E-state index in [4.69, 9.17) is 0 Å². The fourth-order valence-electron chi connectivity index (χ4n) is 3.18. The highest BCUT2D eigenvalue weighted by Gasteiger charge is 2.58. The summed E-state index contributed by atoms with van der Waals surface area (Å²) in [5, 5.41) is 0. The Morgan fingerprint density at radius 1 is 1.27 bits per heavy atom. The molecule has 2 fully saturated rings. The molecule has 0 aromatic carbocycles. The van der Waals surface area contributed by atoms with Gasteiger partial charge in [0.1, 0.15) is 6.29 Å². The van der Waals surface area contributed by atoms with Gasteiger partial charge in [-0.2, -0.15) is 0 Å². The lowest BCUT2D eigenvalue weighted by molar-refractivity contribution is -0.119. The smallest absolute Gasteiger partial charge is 0.126 e. The molecular formula is C10H16O. The lowest BCUT2D eigenvalue weighted by Crippen LogP contribution is -2.31. The Hall–Kier alpha value is -0.330. The van der Waals surface area contributed by atoms with Gasteiger partial charge in [-0.05, 0) is 37.0 Å². The van der Waals surface area contributed by atoms with Crippen LogP contribution in [0.2, 0.25) is 0 Å². The number of aldehydes is 1. The second-order valence-electron chi connectivity index (χ2n) is 4.77. The van der Waals surface area contributed by atoms with Crippen LogP contribution in [0, 0.1) is 16.7 Å². The van der Waals surface area contributed by atoms with Crippen molar-refractivity contribution in [1.29, 1.82) is 0 Å². The van der Waals surface area contributed by atoms with Crippen LogP contribution in [0.1, 0.15) is 39.5 Å². The maximum Gasteiger partial charge on any atom is 0.126 e. The molecule has 0 N–H and O–H groups in total. The molecule has 2 aliphatic carbocycles. The van der Waals surface area contributed by atoms with E-state index < -0.39 is 0 Å². The lowest BCUT2D eigenvalue weighted by Gasteiger charge is -2.32.